The highest BCUT2D eigenvalue weighted by Gasteiger charge is 2.07. The molecule has 3 aromatic rings. The van der Waals surface area contributed by atoms with Crippen molar-refractivity contribution in [1.82, 2.24) is 10.2 Å². The zero-order chi connectivity index (χ0) is 19.2. The van der Waals surface area contributed by atoms with E-state index < -0.39 is 0 Å². The van der Waals surface area contributed by atoms with Gasteiger partial charge in [0, 0.05) is 5.69 Å². The van der Waals surface area contributed by atoms with Crippen LogP contribution in [0.2, 0.25) is 5.02 Å². The number of methoxy groups -OCH3 is 1. The molecule has 0 unspecified atom stereocenters. The van der Waals surface area contributed by atoms with Crippen LogP contribution in [0, 0.1) is 5.82 Å². The van der Waals surface area contributed by atoms with Crippen LogP contribution < -0.4 is 15.4 Å². The summed E-state index contributed by atoms with van der Waals surface area (Å²) in [5.41, 5.74) is 1.43. The molecule has 0 spiro atoms. The van der Waals surface area contributed by atoms with Crippen molar-refractivity contribution in [2.24, 2.45) is 0 Å². The van der Waals surface area contributed by atoms with Gasteiger partial charge in [-0.3, -0.25) is 4.79 Å². The molecule has 8 heteroatoms. The highest BCUT2D eigenvalue weighted by Crippen LogP contribution is 2.28. The fourth-order valence-electron chi connectivity index (χ4n) is 2.33. The van der Waals surface area contributed by atoms with Gasteiger partial charge >= 0.3 is 0 Å². The predicted octanol–water partition coefficient (Wildman–Crippen LogP) is 4.20. The van der Waals surface area contributed by atoms with Crippen molar-refractivity contribution >= 4 is 34.8 Å². The number of amides is 1. The van der Waals surface area contributed by atoms with Crippen molar-refractivity contribution in [2.45, 2.75) is 6.42 Å². The third-order valence-electron chi connectivity index (χ3n) is 3.63. The first kappa shape index (κ1) is 18.6. The summed E-state index contributed by atoms with van der Waals surface area (Å²) in [7, 11) is 1.54. The highest BCUT2D eigenvalue weighted by atomic mass is 35.5. The Morgan fingerprint density at radius 2 is 1.78 bits per heavy atom. The summed E-state index contributed by atoms with van der Waals surface area (Å²) >= 11 is 6.08. The Morgan fingerprint density at radius 3 is 2.41 bits per heavy atom. The van der Waals surface area contributed by atoms with Gasteiger partial charge in [0.25, 0.3) is 0 Å². The second-order valence-electron chi connectivity index (χ2n) is 5.63. The molecule has 3 rings (SSSR count). The van der Waals surface area contributed by atoms with Crippen molar-refractivity contribution in [3.05, 3.63) is 71.0 Å². The van der Waals surface area contributed by atoms with E-state index in [0.717, 1.165) is 5.69 Å². The Labute approximate surface area is 160 Å². The first-order valence-corrected chi connectivity index (χ1v) is 8.40. The van der Waals surface area contributed by atoms with E-state index in [0.29, 0.717) is 28.0 Å². The zero-order valence-corrected chi connectivity index (χ0v) is 15.1. The Hall–Kier alpha value is -3.19. The molecular formula is C19H16ClFN4O2. The number of anilines is 3. The number of hydrogen-bond donors (Lipinski definition) is 2. The Morgan fingerprint density at radius 1 is 1.07 bits per heavy atom. The lowest BCUT2D eigenvalue weighted by Crippen LogP contribution is -2.15. The molecule has 0 saturated heterocycles. The van der Waals surface area contributed by atoms with E-state index in [9.17, 15) is 9.18 Å². The number of hydrogen-bond acceptors (Lipinski definition) is 5. The summed E-state index contributed by atoms with van der Waals surface area (Å²) in [5, 5.41) is 14.2. The van der Waals surface area contributed by atoms with Gasteiger partial charge in [0.15, 0.2) is 11.6 Å². The Kier molecular flexibility index (Phi) is 5.83. The topological polar surface area (TPSA) is 76.1 Å². The van der Waals surface area contributed by atoms with Gasteiger partial charge in [-0.25, -0.2) is 4.39 Å². The molecule has 0 atom stereocenters. The van der Waals surface area contributed by atoms with Crippen LogP contribution in [0.25, 0.3) is 0 Å². The van der Waals surface area contributed by atoms with Crippen LogP contribution in [0.5, 0.6) is 5.75 Å². The maximum absolute atomic E-state index is 12.9. The first-order valence-electron chi connectivity index (χ1n) is 8.02. The Bertz CT molecular complexity index is 933. The number of carbonyl (C=O) groups is 1. The predicted molar refractivity (Wildman–Crippen MR) is 102 cm³/mol. The maximum Gasteiger partial charge on any atom is 0.229 e. The van der Waals surface area contributed by atoms with Crippen LogP contribution in [0.1, 0.15) is 5.56 Å². The minimum absolute atomic E-state index is 0.117. The van der Waals surface area contributed by atoms with Crippen LogP contribution in [0.4, 0.5) is 21.7 Å². The van der Waals surface area contributed by atoms with Gasteiger partial charge in [-0.2, -0.15) is 0 Å². The molecule has 0 aliphatic heterocycles. The third kappa shape index (κ3) is 5.15. The van der Waals surface area contributed by atoms with E-state index in [2.05, 4.69) is 20.8 Å². The van der Waals surface area contributed by atoms with Crippen LogP contribution >= 0.6 is 11.6 Å². The lowest BCUT2D eigenvalue weighted by atomic mass is 10.1. The second kappa shape index (κ2) is 8.46. The minimum Gasteiger partial charge on any atom is -0.495 e. The summed E-state index contributed by atoms with van der Waals surface area (Å²) in [4.78, 5) is 12.0. The van der Waals surface area contributed by atoms with E-state index in [1.807, 2.05) is 0 Å². The molecular weight excluding hydrogens is 371 g/mol. The molecule has 27 heavy (non-hydrogen) atoms. The van der Waals surface area contributed by atoms with Crippen molar-refractivity contribution in [2.75, 3.05) is 17.7 Å². The standard InChI is InChI=1S/C19H16ClFN4O2/c1-27-16-7-6-14(11-15(16)20)22-17-8-9-18(25-24-17)23-19(26)10-12-2-4-13(21)5-3-12/h2-9,11H,10H2,1H3,(H,22,24)(H,23,25,26). The third-order valence-corrected chi connectivity index (χ3v) is 3.93. The number of carbonyl (C=O) groups excluding carboxylic acids is 1. The molecule has 1 heterocycles. The summed E-state index contributed by atoms with van der Waals surface area (Å²) in [6, 6.07) is 14.3. The molecule has 0 aliphatic rings. The molecule has 0 bridgehead atoms. The van der Waals surface area contributed by atoms with Crippen molar-refractivity contribution in [3.63, 3.8) is 0 Å². The molecule has 2 N–H and O–H groups in total. The van der Waals surface area contributed by atoms with Crippen molar-refractivity contribution < 1.29 is 13.9 Å². The van der Waals surface area contributed by atoms with Gasteiger partial charge in [0.2, 0.25) is 5.91 Å². The number of nitrogens with zero attached hydrogens (tertiary/aromatic N) is 2. The van der Waals surface area contributed by atoms with Gasteiger partial charge < -0.3 is 15.4 Å². The molecule has 0 aliphatic carbocycles. The number of nitrogens with one attached hydrogen (secondary N) is 2. The summed E-state index contributed by atoms with van der Waals surface area (Å²) in [6.45, 7) is 0. The Balaban J connectivity index is 1.59. The van der Waals surface area contributed by atoms with Crippen LogP contribution in [0.3, 0.4) is 0 Å². The van der Waals surface area contributed by atoms with Crippen molar-refractivity contribution in [3.8, 4) is 5.75 Å². The molecule has 138 valence electrons. The molecule has 6 nitrogen and oxygen atoms in total. The molecule has 1 aromatic heterocycles. The minimum atomic E-state index is -0.341. The molecule has 0 radical (unpaired) electrons. The monoisotopic (exact) mass is 386 g/mol. The molecule has 0 saturated carbocycles. The number of rotatable bonds is 6. The SMILES string of the molecule is COc1ccc(Nc2ccc(NC(=O)Cc3ccc(F)cc3)nn2)cc1Cl. The van der Waals surface area contributed by atoms with Crippen molar-refractivity contribution in [1.29, 1.82) is 0 Å². The average molecular weight is 387 g/mol. The number of halogens is 2. The molecule has 0 fully saturated rings. The van der Waals surface area contributed by atoms with Gasteiger partial charge in [0.1, 0.15) is 11.6 Å². The number of ether oxygens (including phenoxy) is 1. The van der Waals surface area contributed by atoms with Gasteiger partial charge in [-0.05, 0) is 48.0 Å². The maximum atomic E-state index is 12.9. The number of benzene rings is 2. The van der Waals surface area contributed by atoms with E-state index >= 15 is 0 Å². The normalized spacial score (nSPS) is 10.3. The summed E-state index contributed by atoms with van der Waals surface area (Å²) in [6.07, 6.45) is 0.117. The van der Waals surface area contributed by atoms with E-state index in [-0.39, 0.29) is 18.1 Å². The zero-order valence-electron chi connectivity index (χ0n) is 14.4. The quantitative estimate of drug-likeness (QED) is 0.664. The average Bonchev–Trinajstić information content (AvgIpc) is 2.65. The van der Waals surface area contributed by atoms with E-state index in [4.69, 9.17) is 16.3 Å². The summed E-state index contributed by atoms with van der Waals surface area (Å²) in [5.74, 6) is 0.783. The van der Waals surface area contributed by atoms with E-state index in [1.54, 1.807) is 49.6 Å². The number of aromatic nitrogens is 2. The highest BCUT2D eigenvalue weighted by molar-refractivity contribution is 6.32. The lowest BCUT2D eigenvalue weighted by Gasteiger charge is -2.09. The largest absolute Gasteiger partial charge is 0.495 e. The van der Waals surface area contributed by atoms with Crippen LogP contribution in [-0.2, 0) is 11.2 Å². The summed E-state index contributed by atoms with van der Waals surface area (Å²) < 4.78 is 18.0. The van der Waals surface area contributed by atoms with Crippen LogP contribution in [0.15, 0.2) is 54.6 Å². The smallest absolute Gasteiger partial charge is 0.229 e. The molecule has 2 aromatic carbocycles. The first-order chi connectivity index (χ1) is 13.0. The molecule has 1 amide bonds. The fraction of sp³-hybridized carbons (Fsp3) is 0.105. The van der Waals surface area contributed by atoms with E-state index in [1.165, 1.54) is 12.1 Å². The second-order valence-corrected chi connectivity index (χ2v) is 6.04. The van der Waals surface area contributed by atoms with Gasteiger partial charge in [0.05, 0.1) is 18.6 Å². The fourth-order valence-corrected chi connectivity index (χ4v) is 2.59. The van der Waals surface area contributed by atoms with Gasteiger partial charge in [-0.15, -0.1) is 10.2 Å². The van der Waals surface area contributed by atoms with Crippen LogP contribution in [-0.4, -0.2) is 23.2 Å². The lowest BCUT2D eigenvalue weighted by molar-refractivity contribution is -0.115. The van der Waals surface area contributed by atoms with Gasteiger partial charge in [-0.1, -0.05) is 23.7 Å².